The van der Waals surface area contributed by atoms with Crippen molar-refractivity contribution in [1.82, 2.24) is 19.8 Å². The predicted octanol–water partition coefficient (Wildman–Crippen LogP) is 2.22. The van der Waals surface area contributed by atoms with Gasteiger partial charge in [-0.3, -0.25) is 19.3 Å². The number of hydrogen-bond acceptors (Lipinski definition) is 4. The number of carbonyl (C=O) groups is 3. The maximum Gasteiger partial charge on any atom is 0.240 e. The fourth-order valence-corrected chi connectivity index (χ4v) is 4.25. The Hall–Kier alpha value is -2.96. The molecule has 0 radical (unpaired) electrons. The molecule has 1 saturated carbocycles. The molecule has 146 valence electrons. The first kappa shape index (κ1) is 18.4. The SMILES string of the molecule is C[C@@H](NC(=O)CN1C(=O)[C@H]2CCCC[C@H]2C1=O)c1ccc(-n2ccnc2)cc1. The Kier molecular flexibility index (Phi) is 4.98. The van der Waals surface area contributed by atoms with Gasteiger partial charge in [0.05, 0.1) is 24.2 Å². The molecule has 1 N–H and O–H groups in total. The quantitative estimate of drug-likeness (QED) is 0.806. The average Bonchev–Trinajstić information content (AvgIpc) is 3.32. The van der Waals surface area contributed by atoms with Crippen LogP contribution in [0.4, 0.5) is 0 Å². The fraction of sp³-hybridized carbons (Fsp3) is 0.429. The molecule has 2 aliphatic rings. The third-order valence-corrected chi connectivity index (χ3v) is 5.81. The number of amides is 3. The van der Waals surface area contributed by atoms with E-state index in [0.717, 1.165) is 41.8 Å². The zero-order valence-electron chi connectivity index (χ0n) is 15.9. The van der Waals surface area contributed by atoms with Gasteiger partial charge in [0, 0.05) is 18.1 Å². The van der Waals surface area contributed by atoms with Gasteiger partial charge >= 0.3 is 0 Å². The van der Waals surface area contributed by atoms with Crippen molar-refractivity contribution in [3.8, 4) is 5.69 Å². The van der Waals surface area contributed by atoms with E-state index in [-0.39, 0.29) is 42.1 Å². The van der Waals surface area contributed by atoms with E-state index in [1.807, 2.05) is 42.0 Å². The molecule has 3 amide bonds. The van der Waals surface area contributed by atoms with Crippen LogP contribution in [0.15, 0.2) is 43.0 Å². The molecule has 0 bridgehead atoms. The van der Waals surface area contributed by atoms with Crippen molar-refractivity contribution in [1.29, 1.82) is 0 Å². The maximum absolute atomic E-state index is 12.5. The van der Waals surface area contributed by atoms with Crippen molar-refractivity contribution in [2.75, 3.05) is 6.54 Å². The summed E-state index contributed by atoms with van der Waals surface area (Å²) < 4.78 is 1.90. The van der Waals surface area contributed by atoms with Crippen LogP contribution >= 0.6 is 0 Å². The minimum Gasteiger partial charge on any atom is -0.348 e. The highest BCUT2D eigenvalue weighted by atomic mass is 16.2. The number of carbonyl (C=O) groups excluding carboxylic acids is 3. The normalized spacial score (nSPS) is 22.8. The summed E-state index contributed by atoms with van der Waals surface area (Å²) in [6.45, 7) is 1.69. The van der Waals surface area contributed by atoms with Gasteiger partial charge in [0.1, 0.15) is 6.54 Å². The Morgan fingerprint density at radius 2 is 1.79 bits per heavy atom. The summed E-state index contributed by atoms with van der Waals surface area (Å²) in [5.41, 5.74) is 1.93. The molecule has 1 aliphatic carbocycles. The second-order valence-corrected chi connectivity index (χ2v) is 7.61. The summed E-state index contributed by atoms with van der Waals surface area (Å²) in [5, 5.41) is 2.90. The number of nitrogens with zero attached hydrogens (tertiary/aromatic N) is 3. The maximum atomic E-state index is 12.5. The van der Waals surface area contributed by atoms with E-state index in [9.17, 15) is 14.4 Å². The molecular weight excluding hydrogens is 356 g/mol. The van der Waals surface area contributed by atoms with Crippen LogP contribution in [0, 0.1) is 11.8 Å². The van der Waals surface area contributed by atoms with Crippen LogP contribution in [-0.2, 0) is 14.4 Å². The number of nitrogens with one attached hydrogen (secondary N) is 1. The Bertz CT molecular complexity index is 852. The molecule has 1 aromatic heterocycles. The lowest BCUT2D eigenvalue weighted by atomic mass is 9.81. The number of imide groups is 1. The fourth-order valence-electron chi connectivity index (χ4n) is 4.25. The zero-order chi connectivity index (χ0) is 19.7. The summed E-state index contributed by atoms with van der Waals surface area (Å²) in [6, 6.07) is 7.58. The van der Waals surface area contributed by atoms with Crippen LogP contribution in [0.2, 0.25) is 0 Å². The smallest absolute Gasteiger partial charge is 0.240 e. The third kappa shape index (κ3) is 3.44. The van der Waals surface area contributed by atoms with Crippen molar-refractivity contribution in [3.05, 3.63) is 48.5 Å². The molecule has 28 heavy (non-hydrogen) atoms. The number of likely N-dealkylation sites (tertiary alicyclic amines) is 1. The number of rotatable bonds is 5. The lowest BCUT2D eigenvalue weighted by Gasteiger charge is -2.19. The molecule has 4 rings (SSSR count). The summed E-state index contributed by atoms with van der Waals surface area (Å²) in [6.07, 6.45) is 8.77. The highest BCUT2D eigenvalue weighted by Crippen LogP contribution is 2.37. The van der Waals surface area contributed by atoms with Crippen LogP contribution < -0.4 is 5.32 Å². The molecule has 0 spiro atoms. The van der Waals surface area contributed by atoms with Crippen LogP contribution in [0.25, 0.3) is 5.69 Å². The highest BCUT2D eigenvalue weighted by molar-refractivity contribution is 6.07. The van der Waals surface area contributed by atoms with Gasteiger partial charge in [-0.2, -0.15) is 0 Å². The Balaban J connectivity index is 1.37. The molecule has 1 aromatic carbocycles. The van der Waals surface area contributed by atoms with Crippen molar-refractivity contribution < 1.29 is 14.4 Å². The van der Waals surface area contributed by atoms with E-state index in [1.165, 1.54) is 0 Å². The van der Waals surface area contributed by atoms with Gasteiger partial charge in [0.25, 0.3) is 0 Å². The van der Waals surface area contributed by atoms with Gasteiger partial charge in [-0.05, 0) is 37.5 Å². The van der Waals surface area contributed by atoms with Crippen molar-refractivity contribution in [3.63, 3.8) is 0 Å². The van der Waals surface area contributed by atoms with Gasteiger partial charge in [0.15, 0.2) is 0 Å². The first-order valence-electron chi connectivity index (χ1n) is 9.77. The third-order valence-electron chi connectivity index (χ3n) is 5.81. The first-order valence-corrected chi connectivity index (χ1v) is 9.77. The minimum absolute atomic E-state index is 0.179. The van der Waals surface area contributed by atoms with Crippen molar-refractivity contribution >= 4 is 17.7 Å². The van der Waals surface area contributed by atoms with Gasteiger partial charge in [-0.1, -0.05) is 25.0 Å². The van der Waals surface area contributed by atoms with Gasteiger partial charge in [-0.25, -0.2) is 4.98 Å². The van der Waals surface area contributed by atoms with Crippen LogP contribution in [0.3, 0.4) is 0 Å². The Morgan fingerprint density at radius 1 is 1.14 bits per heavy atom. The molecule has 7 heteroatoms. The largest absolute Gasteiger partial charge is 0.348 e. The topological polar surface area (TPSA) is 84.3 Å². The minimum atomic E-state index is -0.313. The number of benzene rings is 1. The monoisotopic (exact) mass is 380 g/mol. The molecule has 3 atom stereocenters. The van der Waals surface area contributed by atoms with Crippen molar-refractivity contribution in [2.24, 2.45) is 11.8 Å². The summed E-state index contributed by atoms with van der Waals surface area (Å²) in [4.78, 5) is 42.7. The summed E-state index contributed by atoms with van der Waals surface area (Å²) >= 11 is 0. The molecule has 2 fully saturated rings. The molecule has 7 nitrogen and oxygen atoms in total. The van der Waals surface area contributed by atoms with Crippen LogP contribution in [0.5, 0.6) is 0 Å². The van der Waals surface area contributed by atoms with Gasteiger partial charge in [0.2, 0.25) is 17.7 Å². The van der Waals surface area contributed by atoms with Gasteiger partial charge in [-0.15, -0.1) is 0 Å². The van der Waals surface area contributed by atoms with E-state index in [4.69, 9.17) is 0 Å². The second kappa shape index (κ2) is 7.58. The lowest BCUT2D eigenvalue weighted by Crippen LogP contribution is -2.41. The molecule has 2 aromatic rings. The standard InChI is InChI=1S/C21H24N4O3/c1-14(15-6-8-16(9-7-15)24-11-10-22-13-24)23-19(26)12-25-20(27)17-4-2-3-5-18(17)21(25)28/h6-11,13-14,17-18H,2-5,12H2,1H3,(H,23,26)/t14-,17-,18+/m1/s1. The molecule has 2 heterocycles. The predicted molar refractivity (Wildman–Crippen MR) is 102 cm³/mol. The van der Waals surface area contributed by atoms with E-state index < -0.39 is 0 Å². The number of imidazole rings is 1. The van der Waals surface area contributed by atoms with Crippen LogP contribution in [-0.4, -0.2) is 38.7 Å². The summed E-state index contributed by atoms with van der Waals surface area (Å²) in [7, 11) is 0. The van der Waals surface area contributed by atoms with E-state index in [2.05, 4.69) is 10.3 Å². The number of aromatic nitrogens is 2. The molecular formula is C21H24N4O3. The first-order chi connectivity index (χ1) is 13.5. The molecule has 1 aliphatic heterocycles. The second-order valence-electron chi connectivity index (χ2n) is 7.61. The van der Waals surface area contributed by atoms with E-state index in [0.29, 0.717) is 0 Å². The summed E-state index contributed by atoms with van der Waals surface area (Å²) in [5.74, 6) is -1.11. The Labute approximate surface area is 163 Å². The lowest BCUT2D eigenvalue weighted by molar-refractivity contribution is -0.143. The van der Waals surface area contributed by atoms with Crippen molar-refractivity contribution in [2.45, 2.75) is 38.6 Å². The molecule has 0 unspecified atom stereocenters. The number of hydrogen-bond donors (Lipinski definition) is 1. The highest BCUT2D eigenvalue weighted by Gasteiger charge is 2.48. The van der Waals surface area contributed by atoms with Crippen LogP contribution in [0.1, 0.15) is 44.2 Å². The Morgan fingerprint density at radius 3 is 2.36 bits per heavy atom. The van der Waals surface area contributed by atoms with E-state index in [1.54, 1.807) is 12.5 Å². The zero-order valence-corrected chi connectivity index (χ0v) is 15.9. The average molecular weight is 380 g/mol. The van der Waals surface area contributed by atoms with E-state index >= 15 is 0 Å². The number of fused-ring (bicyclic) bond motifs is 1. The van der Waals surface area contributed by atoms with Gasteiger partial charge < -0.3 is 9.88 Å². The molecule has 1 saturated heterocycles.